The maximum atomic E-state index is 12.6. The molecule has 0 bridgehead atoms. The fourth-order valence-electron chi connectivity index (χ4n) is 2.42. The molecule has 20 heavy (non-hydrogen) atoms. The van der Waals surface area contributed by atoms with E-state index >= 15 is 0 Å². The van der Waals surface area contributed by atoms with Crippen LogP contribution in [0.4, 0.5) is 0 Å². The molecule has 0 spiro atoms. The van der Waals surface area contributed by atoms with Crippen molar-refractivity contribution < 1.29 is 9.90 Å². The second kappa shape index (κ2) is 6.89. The van der Waals surface area contributed by atoms with E-state index < -0.39 is 5.60 Å². The average molecular weight is 277 g/mol. The van der Waals surface area contributed by atoms with Gasteiger partial charge in [-0.2, -0.15) is 0 Å². The molecule has 3 nitrogen and oxygen atoms in total. The van der Waals surface area contributed by atoms with E-state index in [0.29, 0.717) is 6.54 Å². The highest BCUT2D eigenvalue weighted by Crippen LogP contribution is 2.20. The van der Waals surface area contributed by atoms with Crippen LogP contribution >= 0.6 is 0 Å². The highest BCUT2D eigenvalue weighted by atomic mass is 16.3. The van der Waals surface area contributed by atoms with Crippen LogP contribution in [0, 0.1) is 11.8 Å². The third-order valence-corrected chi connectivity index (χ3v) is 3.42. The molecule has 1 unspecified atom stereocenters. The molecular weight excluding hydrogens is 250 g/mol. The number of hydrogen-bond donors (Lipinski definition) is 1. The van der Waals surface area contributed by atoms with Crippen molar-refractivity contribution in [2.45, 2.75) is 39.7 Å². The van der Waals surface area contributed by atoms with Gasteiger partial charge in [0.15, 0.2) is 0 Å². The summed E-state index contributed by atoms with van der Waals surface area (Å²) in [6.07, 6.45) is 0.744. The number of amides is 1. The molecule has 0 radical (unpaired) electrons. The van der Waals surface area contributed by atoms with Gasteiger partial charge in [0.2, 0.25) is 5.91 Å². The van der Waals surface area contributed by atoms with Crippen molar-refractivity contribution in [1.29, 1.82) is 0 Å². The maximum absolute atomic E-state index is 12.6. The summed E-state index contributed by atoms with van der Waals surface area (Å²) in [6.45, 7) is 7.94. The van der Waals surface area contributed by atoms with Crippen molar-refractivity contribution in [3.8, 4) is 0 Å². The number of likely N-dealkylation sites (N-methyl/N-ethyl adjacent to an activating group) is 1. The summed E-state index contributed by atoms with van der Waals surface area (Å²) in [5.74, 6) is 0.322. The minimum atomic E-state index is -0.862. The molecule has 0 aliphatic heterocycles. The highest BCUT2D eigenvalue weighted by Gasteiger charge is 2.28. The number of benzene rings is 1. The van der Waals surface area contributed by atoms with E-state index in [0.717, 1.165) is 6.42 Å². The summed E-state index contributed by atoms with van der Waals surface area (Å²) in [5.41, 5.74) is 0.315. The number of carbonyl (C=O) groups excluding carboxylic acids is 1. The second-order valence-electron chi connectivity index (χ2n) is 6.55. The smallest absolute Gasteiger partial charge is 0.226 e. The molecule has 1 aromatic carbocycles. The molecule has 0 saturated heterocycles. The van der Waals surface area contributed by atoms with Gasteiger partial charge >= 0.3 is 0 Å². The third kappa shape index (κ3) is 5.33. The average Bonchev–Trinajstić information content (AvgIpc) is 2.34. The monoisotopic (exact) mass is 277 g/mol. The van der Waals surface area contributed by atoms with Crippen molar-refractivity contribution >= 4 is 5.91 Å². The van der Waals surface area contributed by atoms with Crippen LogP contribution in [0.3, 0.4) is 0 Å². The van der Waals surface area contributed by atoms with Crippen LogP contribution in [0.1, 0.15) is 33.3 Å². The number of aliphatic hydroxyl groups is 1. The fourth-order valence-corrected chi connectivity index (χ4v) is 2.42. The standard InChI is InChI=1S/C17H27NO2/c1-13(2)15(11-14-9-7-6-8-10-14)16(19)18(5)12-17(3,4)20/h6-10,13,15,20H,11-12H2,1-5H3. The van der Waals surface area contributed by atoms with Gasteiger partial charge in [0, 0.05) is 19.5 Å². The van der Waals surface area contributed by atoms with Gasteiger partial charge in [0.1, 0.15) is 0 Å². The molecule has 0 saturated carbocycles. The molecule has 3 heteroatoms. The Balaban J connectivity index is 2.78. The van der Waals surface area contributed by atoms with E-state index in [2.05, 4.69) is 26.0 Å². The number of rotatable bonds is 6. The van der Waals surface area contributed by atoms with Gasteiger partial charge in [-0.1, -0.05) is 44.2 Å². The Hall–Kier alpha value is -1.35. The van der Waals surface area contributed by atoms with Crippen molar-refractivity contribution in [3.63, 3.8) is 0 Å². The van der Waals surface area contributed by atoms with E-state index in [-0.39, 0.29) is 17.7 Å². The lowest BCUT2D eigenvalue weighted by atomic mass is 9.88. The van der Waals surface area contributed by atoms with Crippen LogP contribution in [0.25, 0.3) is 0 Å². The van der Waals surface area contributed by atoms with E-state index in [1.807, 2.05) is 18.2 Å². The first-order valence-corrected chi connectivity index (χ1v) is 7.22. The zero-order valence-electron chi connectivity index (χ0n) is 13.3. The minimum absolute atomic E-state index is 0.0512. The van der Waals surface area contributed by atoms with Gasteiger partial charge in [0.05, 0.1) is 5.60 Å². The van der Waals surface area contributed by atoms with Crippen LogP contribution in [-0.2, 0) is 11.2 Å². The first kappa shape index (κ1) is 16.7. The normalized spacial score (nSPS) is 13.3. The summed E-state index contributed by atoms with van der Waals surface area (Å²) in [4.78, 5) is 14.2. The van der Waals surface area contributed by atoms with E-state index in [1.165, 1.54) is 5.56 Å². The molecule has 1 N–H and O–H groups in total. The molecule has 1 aromatic rings. The van der Waals surface area contributed by atoms with Crippen LogP contribution in [-0.4, -0.2) is 35.1 Å². The Labute approximate surface area is 122 Å². The number of nitrogens with zero attached hydrogens (tertiary/aromatic N) is 1. The minimum Gasteiger partial charge on any atom is -0.389 e. The lowest BCUT2D eigenvalue weighted by Gasteiger charge is -2.30. The molecule has 0 aliphatic carbocycles. The van der Waals surface area contributed by atoms with Crippen LogP contribution in [0.2, 0.25) is 0 Å². The predicted molar refractivity (Wildman–Crippen MR) is 82.4 cm³/mol. The number of hydrogen-bond acceptors (Lipinski definition) is 2. The fraction of sp³-hybridized carbons (Fsp3) is 0.588. The van der Waals surface area contributed by atoms with Gasteiger partial charge in [-0.15, -0.1) is 0 Å². The summed E-state index contributed by atoms with van der Waals surface area (Å²) < 4.78 is 0. The Morgan fingerprint density at radius 1 is 1.25 bits per heavy atom. The molecular formula is C17H27NO2. The topological polar surface area (TPSA) is 40.5 Å². The number of carbonyl (C=O) groups is 1. The maximum Gasteiger partial charge on any atom is 0.226 e. The van der Waals surface area contributed by atoms with Gasteiger partial charge in [-0.25, -0.2) is 0 Å². The third-order valence-electron chi connectivity index (χ3n) is 3.42. The first-order valence-electron chi connectivity index (χ1n) is 7.22. The van der Waals surface area contributed by atoms with Crippen molar-refractivity contribution in [2.24, 2.45) is 11.8 Å². The molecule has 0 fully saturated rings. The second-order valence-corrected chi connectivity index (χ2v) is 6.55. The van der Waals surface area contributed by atoms with Crippen LogP contribution < -0.4 is 0 Å². The Morgan fingerprint density at radius 2 is 1.80 bits per heavy atom. The van der Waals surface area contributed by atoms with E-state index in [4.69, 9.17) is 0 Å². The van der Waals surface area contributed by atoms with E-state index in [9.17, 15) is 9.90 Å². The largest absolute Gasteiger partial charge is 0.389 e. The Bertz CT molecular complexity index is 420. The van der Waals surface area contributed by atoms with Crippen LogP contribution in [0.5, 0.6) is 0 Å². The van der Waals surface area contributed by atoms with Gasteiger partial charge < -0.3 is 10.0 Å². The highest BCUT2D eigenvalue weighted by molar-refractivity contribution is 5.79. The van der Waals surface area contributed by atoms with Crippen molar-refractivity contribution in [2.75, 3.05) is 13.6 Å². The Morgan fingerprint density at radius 3 is 2.25 bits per heavy atom. The lowest BCUT2D eigenvalue weighted by Crippen LogP contribution is -2.44. The van der Waals surface area contributed by atoms with Gasteiger partial charge in [0.25, 0.3) is 0 Å². The Kier molecular flexibility index (Phi) is 5.75. The van der Waals surface area contributed by atoms with Gasteiger partial charge in [-0.3, -0.25) is 4.79 Å². The SMILES string of the molecule is CC(C)C(Cc1ccccc1)C(=O)N(C)CC(C)(C)O. The molecule has 1 rings (SSSR count). The predicted octanol–water partition coefficient (Wildman–Crippen LogP) is 2.73. The lowest BCUT2D eigenvalue weighted by molar-refractivity contribution is -0.138. The summed E-state index contributed by atoms with van der Waals surface area (Å²) >= 11 is 0. The molecule has 112 valence electrons. The summed E-state index contributed by atoms with van der Waals surface area (Å²) in [6, 6.07) is 10.1. The molecule has 1 amide bonds. The molecule has 0 heterocycles. The molecule has 0 aliphatic rings. The molecule has 0 aromatic heterocycles. The quantitative estimate of drug-likeness (QED) is 0.868. The molecule has 1 atom stereocenters. The zero-order valence-corrected chi connectivity index (χ0v) is 13.3. The first-order chi connectivity index (χ1) is 9.20. The summed E-state index contributed by atoms with van der Waals surface area (Å²) in [5, 5.41) is 9.85. The zero-order chi connectivity index (χ0) is 15.3. The summed E-state index contributed by atoms with van der Waals surface area (Å²) in [7, 11) is 1.76. The van der Waals surface area contributed by atoms with Crippen LogP contribution in [0.15, 0.2) is 30.3 Å². The van der Waals surface area contributed by atoms with Crippen molar-refractivity contribution in [1.82, 2.24) is 4.90 Å². The van der Waals surface area contributed by atoms with Gasteiger partial charge in [-0.05, 0) is 31.7 Å². The van der Waals surface area contributed by atoms with E-state index in [1.54, 1.807) is 25.8 Å². The van der Waals surface area contributed by atoms with Crippen molar-refractivity contribution in [3.05, 3.63) is 35.9 Å².